The number of aliphatic carboxylic acids is 1. The van der Waals surface area contributed by atoms with Crippen molar-refractivity contribution < 1.29 is 24.2 Å². The predicted molar refractivity (Wildman–Crippen MR) is 135 cm³/mol. The summed E-state index contributed by atoms with van der Waals surface area (Å²) in [6, 6.07) is 14.9. The molecule has 0 spiro atoms. The van der Waals surface area contributed by atoms with Crippen LogP contribution < -0.4 is 10.6 Å². The minimum atomic E-state index is -0.972. The number of ether oxygens (including phenoxy) is 1. The fourth-order valence-electron chi connectivity index (χ4n) is 4.69. The molecule has 35 heavy (non-hydrogen) atoms. The van der Waals surface area contributed by atoms with Crippen LogP contribution in [0.2, 0.25) is 0 Å². The lowest BCUT2D eigenvalue weighted by molar-refractivity contribution is -0.137. The van der Waals surface area contributed by atoms with Crippen LogP contribution >= 0.6 is 0 Å². The number of carbonyl (C=O) groups excluding carboxylic acids is 2. The van der Waals surface area contributed by atoms with E-state index in [9.17, 15) is 14.4 Å². The third-order valence-corrected chi connectivity index (χ3v) is 6.17. The maximum Gasteiger partial charge on any atom is 0.407 e. The Kier molecular flexibility index (Phi) is 8.54. The van der Waals surface area contributed by atoms with Gasteiger partial charge in [-0.2, -0.15) is 0 Å². The number of amides is 2. The smallest absolute Gasteiger partial charge is 0.407 e. The van der Waals surface area contributed by atoms with Crippen molar-refractivity contribution in [1.29, 1.82) is 0 Å². The van der Waals surface area contributed by atoms with Gasteiger partial charge in [-0.15, -0.1) is 0 Å². The first kappa shape index (κ1) is 26.3. The van der Waals surface area contributed by atoms with Gasteiger partial charge in [0, 0.05) is 12.0 Å². The van der Waals surface area contributed by atoms with Gasteiger partial charge < -0.3 is 20.5 Å². The number of carboxylic acids is 1. The summed E-state index contributed by atoms with van der Waals surface area (Å²) in [6.45, 7) is 8.03. The van der Waals surface area contributed by atoms with E-state index in [1.807, 2.05) is 64.1 Å². The van der Waals surface area contributed by atoms with E-state index in [1.54, 1.807) is 0 Å². The Balaban J connectivity index is 1.68. The zero-order valence-electron chi connectivity index (χ0n) is 21.0. The van der Waals surface area contributed by atoms with Crippen LogP contribution in [0.4, 0.5) is 4.79 Å². The summed E-state index contributed by atoms with van der Waals surface area (Å²) in [5, 5.41) is 14.7. The molecule has 0 heterocycles. The number of rotatable bonds is 10. The van der Waals surface area contributed by atoms with E-state index in [4.69, 9.17) is 9.84 Å². The van der Waals surface area contributed by atoms with E-state index in [-0.39, 0.29) is 24.4 Å². The molecule has 0 aliphatic heterocycles. The second-order valence-corrected chi connectivity index (χ2v) is 10.4. The second-order valence-electron chi connectivity index (χ2n) is 10.4. The second kappa shape index (κ2) is 11.4. The summed E-state index contributed by atoms with van der Waals surface area (Å²) >= 11 is 0. The molecule has 2 atom stereocenters. The number of fused-ring (bicyclic) bond motifs is 3. The molecule has 0 saturated carbocycles. The Hall–Kier alpha value is -3.35. The highest BCUT2D eigenvalue weighted by Crippen LogP contribution is 2.44. The van der Waals surface area contributed by atoms with Crippen LogP contribution in [0, 0.1) is 5.41 Å². The Morgan fingerprint density at radius 3 is 2.06 bits per heavy atom. The van der Waals surface area contributed by atoms with Gasteiger partial charge in [0.2, 0.25) is 5.91 Å². The molecule has 3 rings (SSSR count). The zero-order chi connectivity index (χ0) is 25.6. The summed E-state index contributed by atoms with van der Waals surface area (Å²) in [4.78, 5) is 37.0. The van der Waals surface area contributed by atoms with Crippen LogP contribution in [-0.2, 0) is 14.3 Å². The van der Waals surface area contributed by atoms with Gasteiger partial charge in [0.25, 0.3) is 0 Å². The molecule has 2 unspecified atom stereocenters. The lowest BCUT2D eigenvalue weighted by Gasteiger charge is -2.28. The standard InChI is InChI=1S/C28H36N2O5/c1-5-10-18(15-25(31)32)29-26(33)24(16-28(2,3)4)30-27(34)35-17-23-21-13-8-6-11-19(21)20-12-7-9-14-22(20)23/h6-9,11-14,18,23-24H,5,10,15-17H2,1-4H3,(H,29,33)(H,30,34)(H,31,32). The first-order chi connectivity index (χ1) is 16.6. The molecule has 188 valence electrons. The first-order valence-corrected chi connectivity index (χ1v) is 12.2. The molecule has 0 fully saturated rings. The van der Waals surface area contributed by atoms with E-state index in [1.165, 1.54) is 0 Å². The molecular formula is C28H36N2O5. The average Bonchev–Trinajstić information content (AvgIpc) is 3.10. The van der Waals surface area contributed by atoms with E-state index >= 15 is 0 Å². The number of benzene rings is 2. The fourth-order valence-corrected chi connectivity index (χ4v) is 4.69. The lowest BCUT2D eigenvalue weighted by atomic mass is 9.87. The average molecular weight is 481 g/mol. The molecule has 0 radical (unpaired) electrons. The molecule has 1 aliphatic carbocycles. The monoisotopic (exact) mass is 480 g/mol. The van der Waals surface area contributed by atoms with Crippen molar-refractivity contribution in [3.8, 4) is 11.1 Å². The molecule has 2 aromatic carbocycles. The summed E-state index contributed by atoms with van der Waals surface area (Å²) in [6.07, 6.45) is 0.844. The quantitative estimate of drug-likeness (QED) is 0.439. The predicted octanol–water partition coefficient (Wildman–Crippen LogP) is 5.09. The number of carbonyl (C=O) groups is 3. The SMILES string of the molecule is CCCC(CC(=O)O)NC(=O)C(CC(C)(C)C)NC(=O)OCC1c2ccccc2-c2ccccc21. The van der Waals surface area contributed by atoms with Crippen LogP contribution in [0.3, 0.4) is 0 Å². The molecule has 2 amide bonds. The number of nitrogens with one attached hydrogen (secondary N) is 2. The first-order valence-electron chi connectivity index (χ1n) is 12.2. The van der Waals surface area contributed by atoms with Crippen LogP contribution in [-0.4, -0.2) is 41.8 Å². The molecule has 0 bridgehead atoms. The molecule has 7 nitrogen and oxygen atoms in total. The van der Waals surface area contributed by atoms with E-state index in [0.29, 0.717) is 12.8 Å². The van der Waals surface area contributed by atoms with Crippen molar-refractivity contribution in [3.05, 3.63) is 59.7 Å². The normalized spacial score (nSPS) is 14.4. The summed E-state index contributed by atoms with van der Waals surface area (Å²) in [7, 11) is 0. The number of alkyl carbamates (subject to hydrolysis) is 1. The maximum absolute atomic E-state index is 13.0. The summed E-state index contributed by atoms with van der Waals surface area (Å²) in [5.41, 5.74) is 4.26. The molecule has 2 aromatic rings. The molecule has 0 saturated heterocycles. The summed E-state index contributed by atoms with van der Waals surface area (Å²) < 4.78 is 5.63. The van der Waals surface area contributed by atoms with Crippen LogP contribution in [0.15, 0.2) is 48.5 Å². The molecule has 3 N–H and O–H groups in total. The third kappa shape index (κ3) is 7.07. The molecule has 1 aliphatic rings. The van der Waals surface area contributed by atoms with Crippen LogP contribution in [0.5, 0.6) is 0 Å². The van der Waals surface area contributed by atoms with Crippen molar-refractivity contribution in [2.24, 2.45) is 5.41 Å². The largest absolute Gasteiger partial charge is 0.481 e. The van der Waals surface area contributed by atoms with Crippen molar-refractivity contribution >= 4 is 18.0 Å². The number of carboxylic acid groups (broad SMARTS) is 1. The van der Waals surface area contributed by atoms with Gasteiger partial charge in [-0.1, -0.05) is 82.6 Å². The van der Waals surface area contributed by atoms with Gasteiger partial charge in [0.15, 0.2) is 0 Å². The Morgan fingerprint density at radius 1 is 0.971 bits per heavy atom. The van der Waals surface area contributed by atoms with Crippen LogP contribution in [0.25, 0.3) is 11.1 Å². The number of hydrogen-bond acceptors (Lipinski definition) is 4. The maximum atomic E-state index is 13.0. The minimum Gasteiger partial charge on any atom is -0.481 e. The van der Waals surface area contributed by atoms with Gasteiger partial charge in [-0.25, -0.2) is 4.79 Å². The van der Waals surface area contributed by atoms with Gasteiger partial charge >= 0.3 is 12.1 Å². The van der Waals surface area contributed by atoms with Gasteiger partial charge in [-0.3, -0.25) is 9.59 Å². The Bertz CT molecular complexity index is 1010. The van der Waals surface area contributed by atoms with Crippen molar-refractivity contribution in [1.82, 2.24) is 10.6 Å². The van der Waals surface area contributed by atoms with Crippen molar-refractivity contribution in [2.45, 2.75) is 71.4 Å². The van der Waals surface area contributed by atoms with E-state index in [2.05, 4.69) is 22.8 Å². The van der Waals surface area contributed by atoms with Crippen molar-refractivity contribution in [2.75, 3.05) is 6.61 Å². The van der Waals surface area contributed by atoms with E-state index in [0.717, 1.165) is 28.7 Å². The van der Waals surface area contributed by atoms with Gasteiger partial charge in [-0.05, 0) is 40.5 Å². The highest BCUT2D eigenvalue weighted by atomic mass is 16.5. The van der Waals surface area contributed by atoms with Crippen LogP contribution in [0.1, 0.15) is 70.4 Å². The summed E-state index contributed by atoms with van der Waals surface area (Å²) in [5.74, 6) is -1.44. The lowest BCUT2D eigenvalue weighted by Crippen LogP contribution is -2.51. The Labute approximate surface area is 207 Å². The Morgan fingerprint density at radius 2 is 1.54 bits per heavy atom. The zero-order valence-corrected chi connectivity index (χ0v) is 21.0. The van der Waals surface area contributed by atoms with Crippen molar-refractivity contribution in [3.63, 3.8) is 0 Å². The number of hydrogen-bond donors (Lipinski definition) is 3. The minimum absolute atomic E-state index is 0.0763. The highest BCUT2D eigenvalue weighted by molar-refractivity contribution is 5.86. The van der Waals surface area contributed by atoms with Gasteiger partial charge in [0.05, 0.1) is 6.42 Å². The third-order valence-electron chi connectivity index (χ3n) is 6.17. The van der Waals surface area contributed by atoms with Gasteiger partial charge in [0.1, 0.15) is 12.6 Å². The molecule has 0 aromatic heterocycles. The van der Waals surface area contributed by atoms with E-state index < -0.39 is 30.1 Å². The molecule has 7 heteroatoms. The molecular weight excluding hydrogens is 444 g/mol. The topological polar surface area (TPSA) is 105 Å². The highest BCUT2D eigenvalue weighted by Gasteiger charge is 2.31. The fraction of sp³-hybridized carbons (Fsp3) is 0.464.